The number of aromatic nitrogens is 2. The molecule has 0 saturated heterocycles. The Bertz CT molecular complexity index is 710. The first kappa shape index (κ1) is 18.4. The number of hydrogen-bond donors (Lipinski definition) is 0. The van der Waals surface area contributed by atoms with Crippen LogP contribution in [0.3, 0.4) is 0 Å². The number of benzene rings is 1. The number of methoxy groups -OCH3 is 1. The lowest BCUT2D eigenvalue weighted by Crippen LogP contribution is -2.17. The largest absolute Gasteiger partial charge is 0.465 e. The van der Waals surface area contributed by atoms with Crippen LogP contribution in [-0.4, -0.2) is 23.0 Å². The van der Waals surface area contributed by atoms with E-state index in [2.05, 4.69) is 18.8 Å². The summed E-state index contributed by atoms with van der Waals surface area (Å²) in [4.78, 5) is 21.7. The molecule has 0 spiro atoms. The van der Waals surface area contributed by atoms with Gasteiger partial charge in [0, 0.05) is 16.5 Å². The van der Waals surface area contributed by atoms with E-state index in [4.69, 9.17) is 21.3 Å². The maximum atomic E-state index is 12.3. The average molecular weight is 347 g/mol. The van der Waals surface area contributed by atoms with Crippen molar-refractivity contribution in [2.75, 3.05) is 7.11 Å². The number of rotatable bonds is 6. The topological polar surface area (TPSA) is 52.1 Å². The van der Waals surface area contributed by atoms with E-state index in [-0.39, 0.29) is 11.9 Å². The Hall–Kier alpha value is -1.94. The summed E-state index contributed by atoms with van der Waals surface area (Å²) in [6, 6.07) is 7.42. The molecule has 0 N–H and O–H groups in total. The van der Waals surface area contributed by atoms with Crippen molar-refractivity contribution < 1.29 is 9.53 Å². The highest BCUT2D eigenvalue weighted by Crippen LogP contribution is 2.30. The van der Waals surface area contributed by atoms with Crippen molar-refractivity contribution in [3.05, 3.63) is 46.2 Å². The Kier molecular flexibility index (Phi) is 6.32. The molecule has 24 heavy (non-hydrogen) atoms. The van der Waals surface area contributed by atoms with Crippen molar-refractivity contribution in [2.24, 2.45) is 0 Å². The van der Waals surface area contributed by atoms with Crippen molar-refractivity contribution in [1.29, 1.82) is 0 Å². The van der Waals surface area contributed by atoms with E-state index in [1.807, 2.05) is 31.2 Å². The van der Waals surface area contributed by atoms with Gasteiger partial charge in [0.1, 0.15) is 5.56 Å². The van der Waals surface area contributed by atoms with Gasteiger partial charge in [-0.15, -0.1) is 0 Å². The van der Waals surface area contributed by atoms with Crippen molar-refractivity contribution in [3.8, 4) is 11.4 Å². The van der Waals surface area contributed by atoms with Crippen LogP contribution in [0.2, 0.25) is 5.02 Å². The maximum Gasteiger partial charge on any atom is 0.341 e. The summed E-state index contributed by atoms with van der Waals surface area (Å²) in [6.45, 7) is 6.19. The molecule has 0 aliphatic rings. The molecule has 5 heteroatoms. The van der Waals surface area contributed by atoms with E-state index < -0.39 is 0 Å². The lowest BCUT2D eigenvalue weighted by molar-refractivity contribution is 0.0596. The minimum absolute atomic E-state index is 0.193. The monoisotopic (exact) mass is 346 g/mol. The number of hydrogen-bond acceptors (Lipinski definition) is 4. The van der Waals surface area contributed by atoms with Crippen molar-refractivity contribution in [3.63, 3.8) is 0 Å². The molecule has 0 amide bonds. The predicted octanol–water partition coefficient (Wildman–Crippen LogP) is 5.05. The van der Waals surface area contributed by atoms with Crippen LogP contribution in [0.15, 0.2) is 24.3 Å². The Morgan fingerprint density at radius 1 is 1.12 bits per heavy atom. The van der Waals surface area contributed by atoms with Crippen molar-refractivity contribution in [1.82, 2.24) is 9.97 Å². The smallest absolute Gasteiger partial charge is 0.341 e. The summed E-state index contributed by atoms with van der Waals surface area (Å²) in [6.07, 6.45) is 2.45. The van der Waals surface area contributed by atoms with Crippen LogP contribution in [0.4, 0.5) is 0 Å². The number of carbonyl (C=O) groups is 1. The van der Waals surface area contributed by atoms with Gasteiger partial charge in [0.05, 0.1) is 18.5 Å². The Balaban J connectivity index is 2.69. The molecule has 0 radical (unpaired) electrons. The quantitative estimate of drug-likeness (QED) is 0.687. The highest BCUT2D eigenvalue weighted by atomic mass is 35.5. The van der Waals surface area contributed by atoms with Crippen LogP contribution in [-0.2, 0) is 11.2 Å². The first-order valence-corrected chi connectivity index (χ1v) is 8.68. The third-order valence-corrected chi connectivity index (χ3v) is 4.46. The molecule has 2 aromatic rings. The SMILES string of the molecule is CCc1nc(-c2ccc(Cl)cc2)nc(C(CC)CC)c1C(=O)OC. The fourth-order valence-electron chi connectivity index (χ4n) is 2.81. The van der Waals surface area contributed by atoms with Gasteiger partial charge in [0.15, 0.2) is 5.82 Å². The van der Waals surface area contributed by atoms with Crippen LogP contribution in [0.5, 0.6) is 0 Å². The molecule has 4 nitrogen and oxygen atoms in total. The van der Waals surface area contributed by atoms with Gasteiger partial charge >= 0.3 is 5.97 Å². The molecule has 1 heterocycles. The molecule has 1 aromatic carbocycles. The van der Waals surface area contributed by atoms with E-state index in [0.29, 0.717) is 22.8 Å². The second-order valence-corrected chi connectivity index (χ2v) is 6.06. The van der Waals surface area contributed by atoms with Gasteiger partial charge < -0.3 is 4.74 Å². The minimum Gasteiger partial charge on any atom is -0.465 e. The fourth-order valence-corrected chi connectivity index (χ4v) is 2.93. The number of nitrogens with zero attached hydrogens (tertiary/aromatic N) is 2. The van der Waals surface area contributed by atoms with Gasteiger partial charge in [-0.1, -0.05) is 32.4 Å². The van der Waals surface area contributed by atoms with Gasteiger partial charge in [-0.05, 0) is 43.5 Å². The second kappa shape index (κ2) is 8.25. The fraction of sp³-hybridized carbons (Fsp3) is 0.421. The Morgan fingerprint density at radius 3 is 2.25 bits per heavy atom. The number of ether oxygens (including phenoxy) is 1. The normalized spacial score (nSPS) is 10.9. The highest BCUT2D eigenvalue weighted by Gasteiger charge is 2.25. The minimum atomic E-state index is -0.364. The highest BCUT2D eigenvalue weighted by molar-refractivity contribution is 6.30. The summed E-state index contributed by atoms with van der Waals surface area (Å²) in [5, 5.41) is 0.667. The number of aryl methyl sites for hydroxylation is 1. The molecule has 0 aliphatic carbocycles. The van der Waals surface area contributed by atoms with Crippen LogP contribution >= 0.6 is 11.6 Å². The second-order valence-electron chi connectivity index (χ2n) is 5.62. The Labute approximate surface area is 148 Å². The number of carbonyl (C=O) groups excluding carboxylic acids is 1. The van der Waals surface area contributed by atoms with Crippen molar-refractivity contribution in [2.45, 2.75) is 46.0 Å². The summed E-state index contributed by atoms with van der Waals surface area (Å²) < 4.78 is 4.98. The first-order valence-electron chi connectivity index (χ1n) is 8.30. The van der Waals surface area contributed by atoms with Gasteiger partial charge in [0.2, 0.25) is 0 Å². The van der Waals surface area contributed by atoms with Gasteiger partial charge in [-0.2, -0.15) is 0 Å². The average Bonchev–Trinajstić information content (AvgIpc) is 2.62. The van der Waals surface area contributed by atoms with Gasteiger partial charge in [-0.25, -0.2) is 14.8 Å². The standard InChI is InChI=1S/C19H23ClN2O2/c1-5-12(6-2)17-16(19(23)24-4)15(7-3)21-18(22-17)13-8-10-14(20)11-9-13/h8-12H,5-7H2,1-4H3. The molecule has 0 bridgehead atoms. The molecule has 0 saturated carbocycles. The number of halogens is 1. The van der Waals surface area contributed by atoms with Crippen LogP contribution < -0.4 is 0 Å². The van der Waals surface area contributed by atoms with Gasteiger partial charge in [0.25, 0.3) is 0 Å². The third-order valence-electron chi connectivity index (χ3n) is 4.21. The molecule has 0 atom stereocenters. The van der Waals surface area contributed by atoms with E-state index in [0.717, 1.165) is 29.8 Å². The summed E-state index contributed by atoms with van der Waals surface area (Å²) in [5.41, 5.74) is 2.91. The molecular weight excluding hydrogens is 324 g/mol. The molecule has 0 unspecified atom stereocenters. The van der Waals surface area contributed by atoms with E-state index >= 15 is 0 Å². The lowest BCUT2D eigenvalue weighted by Gasteiger charge is -2.19. The van der Waals surface area contributed by atoms with Crippen LogP contribution in [0, 0.1) is 0 Å². The van der Waals surface area contributed by atoms with E-state index in [1.54, 1.807) is 0 Å². The zero-order valence-electron chi connectivity index (χ0n) is 14.6. The molecule has 1 aromatic heterocycles. The molecule has 0 aliphatic heterocycles. The van der Waals surface area contributed by atoms with Gasteiger partial charge in [-0.3, -0.25) is 0 Å². The molecule has 128 valence electrons. The summed E-state index contributed by atoms with van der Waals surface area (Å²) in [5.74, 6) is 0.452. The number of esters is 1. The third kappa shape index (κ3) is 3.75. The first-order chi connectivity index (χ1) is 11.5. The molecule has 0 fully saturated rings. The summed E-state index contributed by atoms with van der Waals surface area (Å²) in [7, 11) is 1.39. The van der Waals surface area contributed by atoms with Crippen molar-refractivity contribution >= 4 is 17.6 Å². The van der Waals surface area contributed by atoms with Crippen LogP contribution in [0.1, 0.15) is 61.3 Å². The zero-order valence-corrected chi connectivity index (χ0v) is 15.4. The van der Waals surface area contributed by atoms with Crippen LogP contribution in [0.25, 0.3) is 11.4 Å². The zero-order chi connectivity index (χ0) is 17.7. The molecular formula is C19H23ClN2O2. The summed E-state index contributed by atoms with van der Waals surface area (Å²) >= 11 is 5.97. The lowest BCUT2D eigenvalue weighted by atomic mass is 9.93. The van der Waals surface area contributed by atoms with E-state index in [9.17, 15) is 4.79 Å². The predicted molar refractivity (Wildman–Crippen MR) is 96.5 cm³/mol. The molecule has 2 rings (SSSR count). The Morgan fingerprint density at radius 2 is 1.75 bits per heavy atom. The maximum absolute atomic E-state index is 12.3. The van der Waals surface area contributed by atoms with E-state index in [1.165, 1.54) is 7.11 Å².